The van der Waals surface area contributed by atoms with E-state index in [9.17, 15) is 26.3 Å². The molecule has 26 heavy (non-hydrogen) atoms. The fourth-order valence-electron chi connectivity index (χ4n) is 2.98. The maximum atomic E-state index is 12.9. The van der Waals surface area contributed by atoms with Crippen molar-refractivity contribution in [1.29, 1.82) is 0 Å². The summed E-state index contributed by atoms with van der Waals surface area (Å²) in [6.07, 6.45) is -8.66. The van der Waals surface area contributed by atoms with Crippen LogP contribution in [0, 0.1) is 0 Å². The van der Waals surface area contributed by atoms with Gasteiger partial charge in [0.15, 0.2) is 0 Å². The molecule has 0 aromatic heterocycles. The molecule has 2 aliphatic heterocycles. The molecule has 1 unspecified atom stereocenters. The van der Waals surface area contributed by atoms with Crippen molar-refractivity contribution < 1.29 is 31.1 Å². The Hall–Kier alpha value is -1.42. The number of benzene rings is 1. The number of fused-ring (bicyclic) bond motifs is 1. The Labute approximate surface area is 150 Å². The summed E-state index contributed by atoms with van der Waals surface area (Å²) < 4.78 is 87.5. The average Bonchev–Trinajstić information content (AvgIpc) is 2.58. The fourth-order valence-corrected chi connectivity index (χ4v) is 3.74. The van der Waals surface area contributed by atoms with Crippen LogP contribution in [-0.4, -0.2) is 35.7 Å². The number of hydrogen-bond acceptors (Lipinski definition) is 4. The molecule has 0 amide bonds. The molecule has 0 radical (unpaired) electrons. The Morgan fingerprint density at radius 3 is 2.31 bits per heavy atom. The van der Waals surface area contributed by atoms with E-state index in [-0.39, 0.29) is 18.2 Å². The van der Waals surface area contributed by atoms with Crippen molar-refractivity contribution in [1.82, 2.24) is 4.90 Å². The van der Waals surface area contributed by atoms with E-state index in [1.54, 1.807) is 0 Å². The summed E-state index contributed by atoms with van der Waals surface area (Å²) >= 11 is 1.39. The van der Waals surface area contributed by atoms with Crippen molar-refractivity contribution in [2.45, 2.75) is 37.9 Å². The van der Waals surface area contributed by atoms with Gasteiger partial charge in [0.25, 0.3) is 0 Å². The molecule has 1 aromatic carbocycles. The quantitative estimate of drug-likeness (QED) is 0.542. The standard InChI is InChI=1S/C16H16F6N2OS/c17-15(18,19)11-6-10(7-12(8-11)16(20,21)22)9-25-13-2-1-3-24-4-5-26-23-14(13)24/h6-8,13H,1-5,9H2. The van der Waals surface area contributed by atoms with Crippen LogP contribution in [0.1, 0.15) is 29.5 Å². The third kappa shape index (κ3) is 4.46. The highest BCUT2D eigenvalue weighted by molar-refractivity contribution is 7.98. The highest BCUT2D eigenvalue weighted by Gasteiger charge is 2.37. The molecule has 1 saturated heterocycles. The van der Waals surface area contributed by atoms with Gasteiger partial charge in [-0.2, -0.15) is 26.3 Å². The van der Waals surface area contributed by atoms with Gasteiger partial charge in [-0.25, -0.2) is 4.40 Å². The van der Waals surface area contributed by atoms with Gasteiger partial charge in [0.05, 0.1) is 17.7 Å². The minimum Gasteiger partial charge on any atom is -0.366 e. The Bertz CT molecular complexity index is 656. The van der Waals surface area contributed by atoms with Crippen LogP contribution in [-0.2, 0) is 23.7 Å². The first kappa shape index (κ1) is 19.3. The van der Waals surface area contributed by atoms with Gasteiger partial charge in [0.1, 0.15) is 11.9 Å². The number of halogens is 6. The first-order valence-corrected chi connectivity index (χ1v) is 8.93. The molecule has 3 rings (SSSR count). The van der Waals surface area contributed by atoms with Crippen LogP contribution in [0.4, 0.5) is 26.3 Å². The van der Waals surface area contributed by atoms with Crippen molar-refractivity contribution in [3.63, 3.8) is 0 Å². The SMILES string of the molecule is FC(F)(F)c1cc(COC2CCCN3CCSN=C23)cc(C(F)(F)F)c1. The molecular formula is C16H16F6N2OS. The summed E-state index contributed by atoms with van der Waals surface area (Å²) in [4.78, 5) is 2.05. The first-order chi connectivity index (χ1) is 12.1. The lowest BCUT2D eigenvalue weighted by atomic mass is 10.0. The van der Waals surface area contributed by atoms with E-state index >= 15 is 0 Å². The maximum absolute atomic E-state index is 12.9. The van der Waals surface area contributed by atoms with Crippen LogP contribution in [0.25, 0.3) is 0 Å². The van der Waals surface area contributed by atoms with Crippen molar-refractivity contribution in [2.24, 2.45) is 4.40 Å². The smallest absolute Gasteiger partial charge is 0.366 e. The van der Waals surface area contributed by atoms with Crippen LogP contribution in [0.2, 0.25) is 0 Å². The van der Waals surface area contributed by atoms with Crippen LogP contribution >= 0.6 is 11.9 Å². The van der Waals surface area contributed by atoms with E-state index in [0.29, 0.717) is 18.6 Å². The Balaban J connectivity index is 1.79. The third-order valence-corrected chi connectivity index (χ3v) is 4.90. The van der Waals surface area contributed by atoms with Crippen molar-refractivity contribution in [3.05, 3.63) is 34.9 Å². The first-order valence-electron chi connectivity index (χ1n) is 7.99. The van der Waals surface area contributed by atoms with Crippen LogP contribution in [0.3, 0.4) is 0 Å². The van der Waals surface area contributed by atoms with Gasteiger partial charge in [0.2, 0.25) is 0 Å². The topological polar surface area (TPSA) is 24.8 Å². The van der Waals surface area contributed by atoms with E-state index in [1.807, 2.05) is 0 Å². The monoisotopic (exact) mass is 398 g/mol. The summed E-state index contributed by atoms with van der Waals surface area (Å²) in [5.74, 6) is 1.56. The molecule has 1 aromatic rings. The van der Waals surface area contributed by atoms with E-state index < -0.39 is 29.6 Å². The Kier molecular flexibility index (Phi) is 5.43. The number of hydrogen-bond donors (Lipinski definition) is 0. The zero-order valence-electron chi connectivity index (χ0n) is 13.5. The summed E-state index contributed by atoms with van der Waals surface area (Å²) in [6, 6.07) is 1.52. The lowest BCUT2D eigenvalue weighted by molar-refractivity contribution is -0.143. The maximum Gasteiger partial charge on any atom is 0.416 e. The van der Waals surface area contributed by atoms with E-state index in [0.717, 1.165) is 31.1 Å². The number of nitrogens with zero attached hydrogens (tertiary/aromatic N) is 2. The zero-order valence-corrected chi connectivity index (χ0v) is 14.3. The molecular weight excluding hydrogens is 382 g/mol. The van der Waals surface area contributed by atoms with Crippen molar-refractivity contribution in [2.75, 3.05) is 18.8 Å². The highest BCUT2D eigenvalue weighted by Crippen LogP contribution is 2.36. The van der Waals surface area contributed by atoms with E-state index in [4.69, 9.17) is 4.74 Å². The number of piperidine rings is 1. The van der Waals surface area contributed by atoms with Crippen LogP contribution in [0.15, 0.2) is 22.6 Å². The molecule has 1 fully saturated rings. The number of amidine groups is 1. The minimum atomic E-state index is -4.86. The second-order valence-electron chi connectivity index (χ2n) is 6.13. The van der Waals surface area contributed by atoms with Crippen molar-refractivity contribution in [3.8, 4) is 0 Å². The number of ether oxygens (including phenoxy) is 1. The Morgan fingerprint density at radius 1 is 1.04 bits per heavy atom. The molecule has 10 heteroatoms. The van der Waals surface area contributed by atoms with Gasteiger partial charge < -0.3 is 9.64 Å². The second kappa shape index (κ2) is 7.30. The molecule has 0 N–H and O–H groups in total. The predicted molar refractivity (Wildman–Crippen MR) is 85.7 cm³/mol. The van der Waals surface area contributed by atoms with Gasteiger partial charge in [-0.3, -0.25) is 0 Å². The van der Waals surface area contributed by atoms with Crippen LogP contribution < -0.4 is 0 Å². The van der Waals surface area contributed by atoms with Crippen LogP contribution in [0.5, 0.6) is 0 Å². The van der Waals surface area contributed by atoms with E-state index in [1.165, 1.54) is 11.9 Å². The molecule has 0 spiro atoms. The minimum absolute atomic E-state index is 0.119. The predicted octanol–water partition coefficient (Wildman–Crippen LogP) is 4.77. The molecule has 3 nitrogen and oxygen atoms in total. The largest absolute Gasteiger partial charge is 0.416 e. The molecule has 0 saturated carbocycles. The highest BCUT2D eigenvalue weighted by atomic mass is 32.2. The molecule has 2 heterocycles. The fraction of sp³-hybridized carbons (Fsp3) is 0.562. The van der Waals surface area contributed by atoms with Gasteiger partial charge >= 0.3 is 12.4 Å². The average molecular weight is 398 g/mol. The normalized spacial score (nSPS) is 21.4. The summed E-state index contributed by atoms with van der Waals surface area (Å²) in [5, 5.41) is 0. The Morgan fingerprint density at radius 2 is 1.69 bits per heavy atom. The number of alkyl halides is 6. The molecule has 0 aliphatic carbocycles. The van der Waals surface area contributed by atoms with Gasteiger partial charge in [-0.05, 0) is 48.6 Å². The summed E-state index contributed by atoms with van der Waals surface area (Å²) in [6.45, 7) is 1.31. The molecule has 144 valence electrons. The zero-order chi connectivity index (χ0) is 18.9. The number of rotatable bonds is 3. The van der Waals surface area contributed by atoms with Gasteiger partial charge in [0, 0.05) is 18.8 Å². The molecule has 0 bridgehead atoms. The van der Waals surface area contributed by atoms with Gasteiger partial charge in [-0.1, -0.05) is 0 Å². The van der Waals surface area contributed by atoms with Gasteiger partial charge in [-0.15, -0.1) is 0 Å². The lowest BCUT2D eigenvalue weighted by Gasteiger charge is -2.37. The van der Waals surface area contributed by atoms with E-state index in [2.05, 4.69) is 9.30 Å². The van der Waals surface area contributed by atoms with Crippen molar-refractivity contribution >= 4 is 17.8 Å². The summed E-state index contributed by atoms with van der Waals surface area (Å²) in [7, 11) is 0. The lowest BCUT2D eigenvalue weighted by Crippen LogP contribution is -2.47. The molecule has 1 atom stereocenters. The second-order valence-corrected chi connectivity index (χ2v) is 6.97. The molecule has 2 aliphatic rings. The third-order valence-electron chi connectivity index (χ3n) is 4.22. The summed E-state index contributed by atoms with van der Waals surface area (Å²) in [5.41, 5.74) is -2.82.